The number of hydrogen-bond acceptors (Lipinski definition) is 4. The highest BCUT2D eigenvalue weighted by Crippen LogP contribution is 2.29. The standard InChI is InChI=1S/C14H17ClN2O2S2/c1-3-16-8-11-7-13(20-9-11)21(18,19)17-14-10(2)5-4-6-12(14)15/h4-7,9,16-17H,3,8H2,1-2H3. The van der Waals surface area contributed by atoms with Crippen molar-refractivity contribution in [2.75, 3.05) is 11.3 Å². The number of anilines is 1. The summed E-state index contributed by atoms with van der Waals surface area (Å²) in [5.74, 6) is 0. The highest BCUT2D eigenvalue weighted by atomic mass is 35.5. The van der Waals surface area contributed by atoms with Gasteiger partial charge in [-0.15, -0.1) is 11.3 Å². The van der Waals surface area contributed by atoms with Gasteiger partial charge in [0.05, 0.1) is 10.7 Å². The lowest BCUT2D eigenvalue weighted by Crippen LogP contribution is -2.13. The summed E-state index contributed by atoms with van der Waals surface area (Å²) in [6, 6.07) is 6.95. The van der Waals surface area contributed by atoms with Gasteiger partial charge in [-0.25, -0.2) is 8.42 Å². The number of halogens is 1. The van der Waals surface area contributed by atoms with Crippen LogP contribution in [0.2, 0.25) is 5.02 Å². The molecule has 0 fully saturated rings. The molecule has 114 valence electrons. The molecule has 0 aliphatic rings. The van der Waals surface area contributed by atoms with Crippen LogP contribution in [-0.2, 0) is 16.6 Å². The predicted octanol–water partition coefficient (Wildman–Crippen LogP) is 3.62. The molecule has 0 radical (unpaired) electrons. The van der Waals surface area contributed by atoms with Crippen LogP contribution in [0.5, 0.6) is 0 Å². The fraction of sp³-hybridized carbons (Fsp3) is 0.286. The van der Waals surface area contributed by atoms with Gasteiger partial charge in [0.2, 0.25) is 0 Å². The first-order chi connectivity index (χ1) is 9.94. The minimum atomic E-state index is -3.61. The average Bonchev–Trinajstić information content (AvgIpc) is 2.90. The van der Waals surface area contributed by atoms with Crippen LogP contribution in [0.3, 0.4) is 0 Å². The second kappa shape index (κ2) is 6.79. The zero-order valence-corrected chi connectivity index (χ0v) is 14.2. The van der Waals surface area contributed by atoms with E-state index < -0.39 is 10.0 Å². The zero-order valence-electron chi connectivity index (χ0n) is 11.8. The van der Waals surface area contributed by atoms with E-state index in [-0.39, 0.29) is 4.21 Å². The Hall–Kier alpha value is -1.08. The molecule has 7 heteroatoms. The number of hydrogen-bond donors (Lipinski definition) is 2. The fourth-order valence-corrected chi connectivity index (χ4v) is 4.49. The molecule has 4 nitrogen and oxygen atoms in total. The SMILES string of the molecule is CCNCc1csc(S(=O)(=O)Nc2c(C)cccc2Cl)c1. The lowest BCUT2D eigenvalue weighted by molar-refractivity contribution is 0.603. The number of thiophene rings is 1. The van der Waals surface area contributed by atoms with E-state index in [1.807, 2.05) is 25.3 Å². The molecule has 0 unspecified atom stereocenters. The third kappa shape index (κ3) is 3.97. The summed E-state index contributed by atoms with van der Waals surface area (Å²) in [6.45, 7) is 5.32. The minimum Gasteiger partial charge on any atom is -0.313 e. The van der Waals surface area contributed by atoms with Crippen molar-refractivity contribution in [1.29, 1.82) is 0 Å². The lowest BCUT2D eigenvalue weighted by atomic mass is 10.2. The maximum atomic E-state index is 12.4. The van der Waals surface area contributed by atoms with Gasteiger partial charge < -0.3 is 5.32 Å². The van der Waals surface area contributed by atoms with Gasteiger partial charge >= 0.3 is 0 Å². The smallest absolute Gasteiger partial charge is 0.271 e. The molecule has 21 heavy (non-hydrogen) atoms. The molecule has 0 aliphatic heterocycles. The van der Waals surface area contributed by atoms with Gasteiger partial charge in [0, 0.05) is 6.54 Å². The van der Waals surface area contributed by atoms with Crippen molar-refractivity contribution in [2.24, 2.45) is 0 Å². The number of para-hydroxylation sites is 1. The Bertz CT molecular complexity index is 706. The Morgan fingerprint density at radius 3 is 2.76 bits per heavy atom. The molecule has 2 rings (SSSR count). The Kier molecular flexibility index (Phi) is 5.27. The molecule has 0 atom stereocenters. The molecule has 2 aromatic rings. The minimum absolute atomic E-state index is 0.287. The van der Waals surface area contributed by atoms with Gasteiger partial charge in [-0.05, 0) is 42.1 Å². The van der Waals surface area contributed by atoms with E-state index in [2.05, 4.69) is 10.0 Å². The van der Waals surface area contributed by atoms with Crippen molar-refractivity contribution in [3.8, 4) is 0 Å². The molecule has 0 spiro atoms. The average molecular weight is 345 g/mol. The van der Waals surface area contributed by atoms with E-state index in [0.29, 0.717) is 17.3 Å². The van der Waals surface area contributed by atoms with Crippen LogP contribution >= 0.6 is 22.9 Å². The largest absolute Gasteiger partial charge is 0.313 e. The van der Waals surface area contributed by atoms with Crippen molar-refractivity contribution >= 4 is 38.6 Å². The van der Waals surface area contributed by atoms with Crippen molar-refractivity contribution in [2.45, 2.75) is 24.6 Å². The highest BCUT2D eigenvalue weighted by molar-refractivity contribution is 7.94. The van der Waals surface area contributed by atoms with E-state index in [9.17, 15) is 8.42 Å². The molecule has 0 saturated heterocycles. The highest BCUT2D eigenvalue weighted by Gasteiger charge is 2.19. The number of benzene rings is 1. The van der Waals surface area contributed by atoms with Crippen LogP contribution < -0.4 is 10.0 Å². The molecule has 0 aliphatic carbocycles. The molecule has 1 aromatic carbocycles. The first kappa shape index (κ1) is 16.3. The van der Waals surface area contributed by atoms with Crippen molar-refractivity contribution in [1.82, 2.24) is 5.32 Å². The monoisotopic (exact) mass is 344 g/mol. The molecule has 0 amide bonds. The normalized spacial score (nSPS) is 11.6. The van der Waals surface area contributed by atoms with Crippen LogP contribution in [-0.4, -0.2) is 15.0 Å². The number of aryl methyl sites for hydroxylation is 1. The van der Waals surface area contributed by atoms with Crippen molar-refractivity contribution in [3.05, 3.63) is 45.8 Å². The van der Waals surface area contributed by atoms with Gasteiger partial charge in [0.15, 0.2) is 0 Å². The van der Waals surface area contributed by atoms with Gasteiger partial charge in [-0.2, -0.15) is 0 Å². The Balaban J connectivity index is 2.24. The Morgan fingerprint density at radius 2 is 2.10 bits per heavy atom. The van der Waals surface area contributed by atoms with E-state index >= 15 is 0 Å². The second-order valence-corrected chi connectivity index (χ2v) is 7.82. The fourth-order valence-electron chi connectivity index (χ4n) is 1.80. The van der Waals surface area contributed by atoms with Crippen LogP contribution in [0, 0.1) is 6.92 Å². The Morgan fingerprint density at radius 1 is 1.33 bits per heavy atom. The third-order valence-electron chi connectivity index (χ3n) is 2.93. The van der Waals surface area contributed by atoms with Crippen LogP contribution in [0.1, 0.15) is 18.1 Å². The molecule has 2 N–H and O–H groups in total. The summed E-state index contributed by atoms with van der Waals surface area (Å²) in [5.41, 5.74) is 2.18. The second-order valence-electron chi connectivity index (χ2n) is 4.59. The van der Waals surface area contributed by atoms with Gasteiger partial charge in [0.25, 0.3) is 10.0 Å². The van der Waals surface area contributed by atoms with Gasteiger partial charge in [-0.1, -0.05) is 30.7 Å². The summed E-state index contributed by atoms with van der Waals surface area (Å²) in [5, 5.41) is 5.40. The maximum Gasteiger partial charge on any atom is 0.271 e. The van der Waals surface area contributed by atoms with Crippen LogP contribution in [0.25, 0.3) is 0 Å². The number of sulfonamides is 1. The first-order valence-electron chi connectivity index (χ1n) is 6.50. The number of rotatable bonds is 6. The van der Waals surface area contributed by atoms with Crippen molar-refractivity contribution < 1.29 is 8.42 Å². The van der Waals surface area contributed by atoms with E-state index in [4.69, 9.17) is 11.6 Å². The molecule has 1 aromatic heterocycles. The Labute approximate surface area is 134 Å². The predicted molar refractivity (Wildman–Crippen MR) is 88.7 cm³/mol. The van der Waals surface area contributed by atoms with Crippen molar-refractivity contribution in [3.63, 3.8) is 0 Å². The third-order valence-corrected chi connectivity index (χ3v) is 6.09. The van der Waals surface area contributed by atoms with E-state index in [1.165, 1.54) is 11.3 Å². The van der Waals surface area contributed by atoms with Crippen LogP contribution in [0.4, 0.5) is 5.69 Å². The van der Waals surface area contributed by atoms with Gasteiger partial charge in [-0.3, -0.25) is 4.72 Å². The quantitative estimate of drug-likeness (QED) is 0.841. The summed E-state index contributed by atoms with van der Waals surface area (Å²) in [6.07, 6.45) is 0. The summed E-state index contributed by atoms with van der Waals surface area (Å²) in [4.78, 5) is 0. The molecular weight excluding hydrogens is 328 g/mol. The molecular formula is C14H17ClN2O2S2. The summed E-state index contributed by atoms with van der Waals surface area (Å²) >= 11 is 7.27. The van der Waals surface area contributed by atoms with E-state index in [0.717, 1.165) is 17.7 Å². The lowest BCUT2D eigenvalue weighted by Gasteiger charge is -2.10. The summed E-state index contributed by atoms with van der Waals surface area (Å²) < 4.78 is 27.7. The summed E-state index contributed by atoms with van der Waals surface area (Å²) in [7, 11) is -3.61. The van der Waals surface area contributed by atoms with E-state index in [1.54, 1.807) is 18.2 Å². The molecule has 1 heterocycles. The first-order valence-corrected chi connectivity index (χ1v) is 9.24. The molecule has 0 bridgehead atoms. The number of nitrogens with one attached hydrogen (secondary N) is 2. The maximum absolute atomic E-state index is 12.4. The topological polar surface area (TPSA) is 58.2 Å². The van der Waals surface area contributed by atoms with Crippen LogP contribution in [0.15, 0.2) is 33.9 Å². The molecule has 0 saturated carbocycles. The zero-order chi connectivity index (χ0) is 15.5. The van der Waals surface area contributed by atoms with Gasteiger partial charge in [0.1, 0.15) is 4.21 Å².